The van der Waals surface area contributed by atoms with Crippen molar-refractivity contribution in [3.63, 3.8) is 0 Å². The topological polar surface area (TPSA) is 66.5 Å². The molecule has 0 saturated carbocycles. The van der Waals surface area contributed by atoms with Crippen LogP contribution in [0.3, 0.4) is 0 Å². The lowest BCUT2D eigenvalue weighted by molar-refractivity contribution is 0.102. The van der Waals surface area contributed by atoms with Gasteiger partial charge in [-0.3, -0.25) is 9.10 Å². The summed E-state index contributed by atoms with van der Waals surface area (Å²) in [4.78, 5) is 13.3. The molecule has 1 aliphatic rings. The van der Waals surface area contributed by atoms with Crippen LogP contribution in [0.4, 0.5) is 11.4 Å². The highest BCUT2D eigenvalue weighted by Crippen LogP contribution is 2.34. The van der Waals surface area contributed by atoms with Crippen molar-refractivity contribution in [2.45, 2.75) is 38.5 Å². The minimum atomic E-state index is -3.64. The first-order chi connectivity index (χ1) is 15.2. The number of hydrogen-bond acceptors (Lipinski definition) is 3. The van der Waals surface area contributed by atoms with E-state index in [9.17, 15) is 13.2 Å². The van der Waals surface area contributed by atoms with E-state index < -0.39 is 10.0 Å². The Morgan fingerprint density at radius 3 is 2.47 bits per heavy atom. The number of hydrogen-bond donors (Lipinski definition) is 1. The molecule has 0 unspecified atom stereocenters. The zero-order chi connectivity index (χ0) is 23.0. The number of amides is 1. The van der Waals surface area contributed by atoms with E-state index in [1.807, 2.05) is 26.0 Å². The quantitative estimate of drug-likeness (QED) is 0.481. The summed E-state index contributed by atoms with van der Waals surface area (Å²) >= 11 is 3.51. The molecule has 4 rings (SSSR count). The van der Waals surface area contributed by atoms with Gasteiger partial charge in [-0.05, 0) is 85.8 Å². The van der Waals surface area contributed by atoms with Gasteiger partial charge in [0.25, 0.3) is 15.9 Å². The van der Waals surface area contributed by atoms with Crippen molar-refractivity contribution in [3.05, 3.63) is 86.9 Å². The number of carbonyl (C=O) groups excluding carboxylic acids is 1. The molecule has 1 aliphatic heterocycles. The van der Waals surface area contributed by atoms with Crippen LogP contribution in [0.5, 0.6) is 0 Å². The maximum absolute atomic E-state index is 13.1. The number of nitrogens with zero attached hydrogens (tertiary/aromatic N) is 1. The monoisotopic (exact) mass is 512 g/mol. The van der Waals surface area contributed by atoms with Gasteiger partial charge >= 0.3 is 0 Å². The predicted octanol–water partition coefficient (Wildman–Crippen LogP) is 5.63. The van der Waals surface area contributed by atoms with Gasteiger partial charge < -0.3 is 5.32 Å². The first kappa shape index (κ1) is 22.6. The largest absolute Gasteiger partial charge is 0.321 e. The fourth-order valence-corrected chi connectivity index (χ4v) is 6.18. The number of fused-ring (bicyclic) bond motifs is 1. The third-order valence-electron chi connectivity index (χ3n) is 5.80. The molecule has 0 aliphatic carbocycles. The normalized spacial score (nSPS) is 13.2. The average molecular weight is 513 g/mol. The second-order valence-electron chi connectivity index (χ2n) is 8.05. The maximum Gasteiger partial charge on any atom is 0.264 e. The maximum atomic E-state index is 13.1. The van der Waals surface area contributed by atoms with Crippen molar-refractivity contribution >= 4 is 43.2 Å². The Hall–Kier alpha value is -2.64. The van der Waals surface area contributed by atoms with Crippen molar-refractivity contribution in [1.82, 2.24) is 0 Å². The van der Waals surface area contributed by atoms with Crippen LogP contribution in [0.2, 0.25) is 0 Å². The van der Waals surface area contributed by atoms with Crippen LogP contribution in [0.1, 0.15) is 39.5 Å². The number of halogens is 1. The molecule has 3 aromatic carbocycles. The summed E-state index contributed by atoms with van der Waals surface area (Å²) in [5, 5.41) is 3.05. The number of sulfonamides is 1. The molecule has 0 atom stereocenters. The van der Waals surface area contributed by atoms with Gasteiger partial charge in [-0.2, -0.15) is 0 Å². The smallest absolute Gasteiger partial charge is 0.264 e. The second kappa shape index (κ2) is 8.71. The van der Waals surface area contributed by atoms with Crippen molar-refractivity contribution in [2.24, 2.45) is 0 Å². The lowest BCUT2D eigenvalue weighted by Crippen LogP contribution is -2.29. The minimum Gasteiger partial charge on any atom is -0.321 e. The summed E-state index contributed by atoms with van der Waals surface area (Å²) in [6.07, 6.45) is 1.37. The van der Waals surface area contributed by atoms with Crippen LogP contribution in [-0.4, -0.2) is 20.9 Å². The van der Waals surface area contributed by atoms with Crippen LogP contribution >= 0.6 is 15.9 Å². The summed E-state index contributed by atoms with van der Waals surface area (Å²) in [7, 11) is -3.64. The summed E-state index contributed by atoms with van der Waals surface area (Å²) in [6, 6.07) is 16.1. The van der Waals surface area contributed by atoms with Crippen LogP contribution < -0.4 is 9.62 Å². The number of nitrogens with one attached hydrogen (secondary N) is 1. The average Bonchev–Trinajstić information content (AvgIpc) is 3.19. The molecule has 1 N–H and O–H groups in total. The molecule has 32 heavy (non-hydrogen) atoms. The van der Waals surface area contributed by atoms with Crippen molar-refractivity contribution in [2.75, 3.05) is 16.2 Å². The molecule has 0 spiro atoms. The molecule has 5 nitrogen and oxygen atoms in total. The van der Waals surface area contributed by atoms with Gasteiger partial charge in [0.1, 0.15) is 0 Å². The van der Waals surface area contributed by atoms with E-state index in [1.165, 1.54) is 4.31 Å². The molecule has 1 heterocycles. The van der Waals surface area contributed by atoms with E-state index in [0.29, 0.717) is 24.2 Å². The van der Waals surface area contributed by atoms with Gasteiger partial charge in [0.2, 0.25) is 0 Å². The van der Waals surface area contributed by atoms with Crippen molar-refractivity contribution in [1.29, 1.82) is 0 Å². The van der Waals surface area contributed by atoms with Crippen LogP contribution in [0.15, 0.2) is 64.0 Å². The minimum absolute atomic E-state index is 0.201. The summed E-state index contributed by atoms with van der Waals surface area (Å²) in [6.45, 7) is 6.31. The molecule has 166 valence electrons. The highest BCUT2D eigenvalue weighted by molar-refractivity contribution is 9.10. The molecule has 1 amide bonds. The van der Waals surface area contributed by atoms with Gasteiger partial charge in [0.05, 0.1) is 10.6 Å². The number of benzene rings is 3. The summed E-state index contributed by atoms with van der Waals surface area (Å²) in [5.41, 5.74) is 5.89. The number of carbonyl (C=O) groups is 1. The summed E-state index contributed by atoms with van der Waals surface area (Å²) < 4.78 is 28.7. The molecule has 0 aromatic heterocycles. The van der Waals surface area contributed by atoms with E-state index in [4.69, 9.17) is 0 Å². The number of aryl methyl sites for hydroxylation is 3. The standard InChI is InChI=1S/C25H25BrN2O3S/c1-4-18-15-21(26)13-17(3)24(18)27-25(29)20-7-10-23-19(14-20)11-12-28(23)32(30,31)22-8-5-16(2)6-9-22/h5-10,13-15H,4,11-12H2,1-3H3,(H,27,29). The Morgan fingerprint density at radius 2 is 1.78 bits per heavy atom. The van der Waals surface area contributed by atoms with Gasteiger partial charge in [-0.15, -0.1) is 0 Å². The van der Waals surface area contributed by atoms with E-state index in [-0.39, 0.29) is 10.8 Å². The number of rotatable bonds is 5. The molecular formula is C25H25BrN2O3S. The van der Waals surface area contributed by atoms with Gasteiger partial charge in [0, 0.05) is 22.3 Å². The Kier molecular flexibility index (Phi) is 6.14. The third-order valence-corrected chi connectivity index (χ3v) is 8.09. The lowest BCUT2D eigenvalue weighted by atomic mass is 10.0. The molecule has 0 saturated heterocycles. The molecular weight excluding hydrogens is 488 g/mol. The number of anilines is 2. The zero-order valence-corrected chi connectivity index (χ0v) is 20.7. The second-order valence-corrected chi connectivity index (χ2v) is 10.8. The lowest BCUT2D eigenvalue weighted by Gasteiger charge is -2.20. The summed E-state index contributed by atoms with van der Waals surface area (Å²) in [5.74, 6) is -0.201. The molecule has 0 fully saturated rings. The van der Waals surface area contributed by atoms with E-state index >= 15 is 0 Å². The predicted molar refractivity (Wildman–Crippen MR) is 132 cm³/mol. The van der Waals surface area contributed by atoms with E-state index in [1.54, 1.807) is 42.5 Å². The first-order valence-electron chi connectivity index (χ1n) is 10.5. The molecule has 0 bridgehead atoms. The van der Waals surface area contributed by atoms with E-state index in [0.717, 1.165) is 38.8 Å². The molecule has 3 aromatic rings. The first-order valence-corrected chi connectivity index (χ1v) is 12.8. The fourth-order valence-electron chi connectivity index (χ4n) is 4.06. The molecule has 0 radical (unpaired) electrons. The van der Waals surface area contributed by atoms with Crippen LogP contribution in [0.25, 0.3) is 0 Å². The Bertz CT molecular complexity index is 1300. The highest BCUT2D eigenvalue weighted by atomic mass is 79.9. The highest BCUT2D eigenvalue weighted by Gasteiger charge is 2.31. The molecule has 7 heteroatoms. The van der Waals surface area contributed by atoms with Gasteiger partial charge in [-0.25, -0.2) is 8.42 Å². The zero-order valence-electron chi connectivity index (χ0n) is 18.3. The van der Waals surface area contributed by atoms with Crippen LogP contribution in [0, 0.1) is 13.8 Å². The third kappa shape index (κ3) is 4.19. The van der Waals surface area contributed by atoms with Crippen molar-refractivity contribution < 1.29 is 13.2 Å². The fraction of sp³-hybridized carbons (Fsp3) is 0.240. The van der Waals surface area contributed by atoms with Crippen LogP contribution in [-0.2, 0) is 22.9 Å². The van der Waals surface area contributed by atoms with Gasteiger partial charge in [-0.1, -0.05) is 40.5 Å². The van der Waals surface area contributed by atoms with Gasteiger partial charge in [0.15, 0.2) is 0 Å². The van der Waals surface area contributed by atoms with E-state index in [2.05, 4.69) is 28.2 Å². The SMILES string of the molecule is CCc1cc(Br)cc(C)c1NC(=O)c1ccc2c(c1)CCN2S(=O)(=O)c1ccc(C)cc1. The Morgan fingerprint density at radius 1 is 1.06 bits per heavy atom. The Labute approximate surface area is 197 Å². The van der Waals surface area contributed by atoms with Crippen molar-refractivity contribution in [3.8, 4) is 0 Å². The Balaban J connectivity index is 1.61.